The Bertz CT molecular complexity index is 1210. The summed E-state index contributed by atoms with van der Waals surface area (Å²) in [5.74, 6) is -1.65. The van der Waals surface area contributed by atoms with Gasteiger partial charge in [0.2, 0.25) is 21.8 Å². The van der Waals surface area contributed by atoms with Gasteiger partial charge in [0.15, 0.2) is 0 Å². The topological polar surface area (TPSA) is 139 Å². The summed E-state index contributed by atoms with van der Waals surface area (Å²) < 4.78 is 44.7. The van der Waals surface area contributed by atoms with Gasteiger partial charge < -0.3 is 15.0 Å². The second kappa shape index (κ2) is 12.3. The van der Waals surface area contributed by atoms with Gasteiger partial charge in [-0.1, -0.05) is 19.1 Å². The molecule has 0 aliphatic rings. The zero-order chi connectivity index (χ0) is 27.0. The summed E-state index contributed by atoms with van der Waals surface area (Å²) in [5, 5.41) is 14.0. The molecule has 0 aliphatic heterocycles. The van der Waals surface area contributed by atoms with E-state index in [0.717, 1.165) is 18.4 Å². The van der Waals surface area contributed by atoms with Gasteiger partial charge in [-0.2, -0.15) is 0 Å². The van der Waals surface area contributed by atoms with E-state index >= 15 is 0 Å². The number of likely N-dealkylation sites (N-methyl/N-ethyl adjacent to an activating group) is 1. The number of non-ortho nitro benzene ring substituents is 1. The van der Waals surface area contributed by atoms with Crippen LogP contribution in [0.4, 0.5) is 15.8 Å². The Morgan fingerprint density at radius 3 is 2.31 bits per heavy atom. The Morgan fingerprint density at radius 1 is 1.17 bits per heavy atom. The second-order valence-electron chi connectivity index (χ2n) is 7.85. The van der Waals surface area contributed by atoms with Crippen LogP contribution in [0.25, 0.3) is 0 Å². The minimum atomic E-state index is -4.13. The predicted octanol–water partition coefficient (Wildman–Crippen LogP) is 2.45. The summed E-state index contributed by atoms with van der Waals surface area (Å²) in [5.41, 5.74) is -0.0782. The Labute approximate surface area is 209 Å². The van der Waals surface area contributed by atoms with Crippen LogP contribution >= 0.6 is 0 Å². The van der Waals surface area contributed by atoms with Crippen molar-refractivity contribution in [1.82, 2.24) is 10.2 Å². The number of nitrogens with zero attached hydrogens (tertiary/aromatic N) is 3. The number of methoxy groups -OCH3 is 1. The number of carbonyl (C=O) groups excluding carboxylic acids is 2. The molecule has 2 rings (SSSR count). The second-order valence-corrected chi connectivity index (χ2v) is 9.76. The van der Waals surface area contributed by atoms with Gasteiger partial charge in [-0.3, -0.25) is 24.0 Å². The van der Waals surface area contributed by atoms with Crippen molar-refractivity contribution >= 4 is 33.2 Å². The average Bonchev–Trinajstić information content (AvgIpc) is 2.82. The number of halogens is 1. The first-order chi connectivity index (χ1) is 16.9. The molecule has 0 heterocycles. The highest BCUT2D eigenvalue weighted by Crippen LogP contribution is 2.34. The van der Waals surface area contributed by atoms with Gasteiger partial charge in [0, 0.05) is 25.2 Å². The quantitative estimate of drug-likeness (QED) is 0.332. The summed E-state index contributed by atoms with van der Waals surface area (Å²) >= 11 is 0. The first-order valence-electron chi connectivity index (χ1n) is 11.0. The van der Waals surface area contributed by atoms with E-state index in [9.17, 15) is 32.5 Å². The van der Waals surface area contributed by atoms with Crippen LogP contribution in [0.15, 0.2) is 42.5 Å². The monoisotopic (exact) mass is 524 g/mol. The maximum Gasteiger partial charge on any atom is 0.271 e. The maximum atomic E-state index is 13.6. The molecule has 196 valence electrons. The van der Waals surface area contributed by atoms with Crippen LogP contribution in [-0.4, -0.2) is 62.6 Å². The number of benzene rings is 2. The van der Waals surface area contributed by atoms with Crippen LogP contribution < -0.4 is 14.4 Å². The third-order valence-corrected chi connectivity index (χ3v) is 6.45. The number of anilines is 1. The number of carbonyl (C=O) groups is 2. The van der Waals surface area contributed by atoms with Crippen LogP contribution in [0.1, 0.15) is 25.8 Å². The van der Waals surface area contributed by atoms with E-state index in [-0.39, 0.29) is 24.4 Å². The minimum absolute atomic E-state index is 0.000299. The van der Waals surface area contributed by atoms with Gasteiger partial charge >= 0.3 is 0 Å². The number of sulfonamides is 1. The molecule has 0 bridgehead atoms. The molecule has 1 N–H and O–H groups in total. The standard InChI is InChI=1S/C23H29FN4O7S/c1-5-19(23(30)25-6-2)26(14-16-7-9-17(24)10-8-16)22(29)15-27(36(4,33)34)20-13-18(28(31)32)11-12-21(20)35-3/h7-13,19H,5-6,14-15H2,1-4H3,(H,25,30)/t19-/m1/s1. The SMILES string of the molecule is CCNC(=O)[C@@H](CC)N(Cc1ccc(F)cc1)C(=O)CN(c1cc([N+](=O)[O-])ccc1OC)S(C)(=O)=O. The number of rotatable bonds is 12. The summed E-state index contributed by atoms with van der Waals surface area (Å²) in [4.78, 5) is 38.1. The molecule has 0 saturated carbocycles. The van der Waals surface area contributed by atoms with Gasteiger partial charge in [0.1, 0.15) is 29.8 Å². The fraction of sp³-hybridized carbons (Fsp3) is 0.391. The van der Waals surface area contributed by atoms with Gasteiger partial charge in [-0.05, 0) is 37.1 Å². The van der Waals surface area contributed by atoms with Crippen LogP contribution in [0.2, 0.25) is 0 Å². The lowest BCUT2D eigenvalue weighted by Crippen LogP contribution is -2.52. The van der Waals surface area contributed by atoms with Crippen molar-refractivity contribution < 1.29 is 32.1 Å². The molecule has 36 heavy (non-hydrogen) atoms. The molecule has 0 radical (unpaired) electrons. The van der Waals surface area contributed by atoms with Crippen molar-refractivity contribution in [3.05, 3.63) is 64.0 Å². The first kappa shape index (κ1) is 28.5. The van der Waals surface area contributed by atoms with E-state index in [0.29, 0.717) is 16.4 Å². The van der Waals surface area contributed by atoms with Crippen LogP contribution in [0.5, 0.6) is 5.75 Å². The van der Waals surface area contributed by atoms with Gasteiger partial charge in [0.25, 0.3) is 5.69 Å². The molecule has 0 saturated heterocycles. The highest BCUT2D eigenvalue weighted by Gasteiger charge is 2.33. The highest BCUT2D eigenvalue weighted by molar-refractivity contribution is 7.92. The number of ether oxygens (including phenoxy) is 1. The fourth-order valence-corrected chi connectivity index (χ4v) is 4.42. The van der Waals surface area contributed by atoms with Gasteiger partial charge in [0.05, 0.1) is 18.3 Å². The molecular formula is C23H29FN4O7S. The number of nitro benzene ring substituents is 1. The van der Waals surface area contributed by atoms with E-state index in [2.05, 4.69) is 5.32 Å². The number of hydrogen-bond acceptors (Lipinski definition) is 7. The van der Waals surface area contributed by atoms with Crippen molar-refractivity contribution in [2.24, 2.45) is 0 Å². The maximum absolute atomic E-state index is 13.6. The molecule has 0 aliphatic carbocycles. The molecule has 0 aromatic heterocycles. The van der Waals surface area contributed by atoms with Crippen molar-refractivity contribution in [1.29, 1.82) is 0 Å². The zero-order valence-corrected chi connectivity index (χ0v) is 21.2. The molecule has 2 aromatic carbocycles. The molecule has 13 heteroatoms. The van der Waals surface area contributed by atoms with Gasteiger partial charge in [-0.25, -0.2) is 12.8 Å². The Morgan fingerprint density at radius 2 is 1.81 bits per heavy atom. The summed E-state index contributed by atoms with van der Waals surface area (Å²) in [6.07, 6.45) is 1.07. The first-order valence-corrected chi connectivity index (χ1v) is 12.9. The van der Waals surface area contributed by atoms with E-state index < -0.39 is 50.9 Å². The molecule has 2 amide bonds. The highest BCUT2D eigenvalue weighted by atomic mass is 32.2. The van der Waals surface area contributed by atoms with Crippen molar-refractivity contribution in [2.75, 3.05) is 30.8 Å². The largest absolute Gasteiger partial charge is 0.495 e. The van der Waals surface area contributed by atoms with Crippen LogP contribution in [0.3, 0.4) is 0 Å². The molecule has 0 unspecified atom stereocenters. The summed E-state index contributed by atoms with van der Waals surface area (Å²) in [6, 6.07) is 7.76. The van der Waals surface area contributed by atoms with E-state index in [1.165, 1.54) is 42.3 Å². The average molecular weight is 525 g/mol. The Hall–Kier alpha value is -3.74. The minimum Gasteiger partial charge on any atom is -0.495 e. The molecule has 11 nitrogen and oxygen atoms in total. The molecular weight excluding hydrogens is 495 g/mol. The van der Waals surface area contributed by atoms with E-state index in [1.807, 2.05) is 0 Å². The van der Waals surface area contributed by atoms with E-state index in [4.69, 9.17) is 4.74 Å². The molecule has 1 atom stereocenters. The predicted molar refractivity (Wildman–Crippen MR) is 132 cm³/mol. The number of nitrogens with one attached hydrogen (secondary N) is 1. The number of hydrogen-bond donors (Lipinski definition) is 1. The fourth-order valence-electron chi connectivity index (χ4n) is 3.58. The van der Waals surface area contributed by atoms with Crippen molar-refractivity contribution in [3.63, 3.8) is 0 Å². The molecule has 2 aromatic rings. The number of amides is 2. The number of nitro groups is 1. The van der Waals surface area contributed by atoms with Crippen molar-refractivity contribution in [2.45, 2.75) is 32.9 Å². The van der Waals surface area contributed by atoms with Crippen molar-refractivity contribution in [3.8, 4) is 5.75 Å². The summed E-state index contributed by atoms with van der Waals surface area (Å²) in [7, 11) is -2.87. The lowest BCUT2D eigenvalue weighted by molar-refractivity contribution is -0.384. The lowest BCUT2D eigenvalue weighted by Gasteiger charge is -2.33. The van der Waals surface area contributed by atoms with Crippen LogP contribution in [-0.2, 0) is 26.2 Å². The lowest BCUT2D eigenvalue weighted by atomic mass is 10.1. The van der Waals surface area contributed by atoms with E-state index in [1.54, 1.807) is 13.8 Å². The Kier molecular flexibility index (Phi) is 9.73. The molecule has 0 spiro atoms. The normalized spacial score (nSPS) is 11.9. The van der Waals surface area contributed by atoms with Gasteiger partial charge in [-0.15, -0.1) is 0 Å². The third kappa shape index (κ3) is 7.13. The zero-order valence-electron chi connectivity index (χ0n) is 20.4. The Balaban J connectivity index is 2.54. The smallest absolute Gasteiger partial charge is 0.271 e. The summed E-state index contributed by atoms with van der Waals surface area (Å²) in [6.45, 7) is 2.87. The van der Waals surface area contributed by atoms with Crippen LogP contribution in [0, 0.1) is 15.9 Å². The molecule has 0 fully saturated rings. The third-order valence-electron chi connectivity index (χ3n) is 5.32.